The molecule has 0 radical (unpaired) electrons. The molecule has 2 N–H and O–H groups in total. The van der Waals surface area contributed by atoms with Crippen LogP contribution in [0.3, 0.4) is 0 Å². The van der Waals surface area contributed by atoms with Crippen molar-refractivity contribution >= 4 is 35.2 Å². The molecule has 29 heavy (non-hydrogen) atoms. The Hall–Kier alpha value is -3.64. The maximum atomic E-state index is 12.4. The molecule has 0 bridgehead atoms. The Bertz CT molecular complexity index is 1110. The summed E-state index contributed by atoms with van der Waals surface area (Å²) in [5.74, 6) is -0.0975. The first-order valence-corrected chi connectivity index (χ1v) is 9.24. The first-order valence-electron chi connectivity index (χ1n) is 8.87. The number of hydrogen-bond acceptors (Lipinski definition) is 4. The highest BCUT2D eigenvalue weighted by atomic mass is 35.5. The molecule has 3 aromatic rings. The number of pyridine rings is 1. The molecule has 6 nitrogen and oxygen atoms in total. The second-order valence-electron chi connectivity index (χ2n) is 6.34. The molecule has 7 heteroatoms. The molecule has 0 spiro atoms. The largest absolute Gasteiger partial charge is 0.449 e. The van der Waals surface area contributed by atoms with Gasteiger partial charge in [-0.1, -0.05) is 35.9 Å². The predicted molar refractivity (Wildman–Crippen MR) is 111 cm³/mol. The van der Waals surface area contributed by atoms with Crippen LogP contribution >= 0.6 is 11.6 Å². The minimum atomic E-state index is -0.412. The Morgan fingerprint density at radius 2 is 2.03 bits per heavy atom. The summed E-state index contributed by atoms with van der Waals surface area (Å²) in [5, 5.41) is 6.09. The van der Waals surface area contributed by atoms with Crippen LogP contribution in [0.25, 0.3) is 6.08 Å². The summed E-state index contributed by atoms with van der Waals surface area (Å²) >= 11 is 6.14. The van der Waals surface area contributed by atoms with Crippen molar-refractivity contribution in [1.82, 2.24) is 10.3 Å². The molecule has 0 saturated carbocycles. The van der Waals surface area contributed by atoms with Gasteiger partial charge in [-0.2, -0.15) is 0 Å². The zero-order chi connectivity index (χ0) is 20.2. The summed E-state index contributed by atoms with van der Waals surface area (Å²) in [6.45, 7) is 0.358. The third-order valence-electron chi connectivity index (χ3n) is 4.30. The molecule has 2 heterocycles. The number of aromatic nitrogens is 1. The monoisotopic (exact) mass is 405 g/mol. The minimum absolute atomic E-state index is 0.124. The number of carbonyl (C=O) groups excluding carboxylic acids is 2. The average molecular weight is 406 g/mol. The number of anilines is 1. The molecule has 0 fully saturated rings. The molecule has 2 aromatic carbocycles. The summed E-state index contributed by atoms with van der Waals surface area (Å²) in [4.78, 5) is 28.8. The number of ether oxygens (including phenoxy) is 1. The van der Waals surface area contributed by atoms with E-state index in [1.165, 1.54) is 0 Å². The average Bonchev–Trinajstić information content (AvgIpc) is 2.74. The maximum Gasteiger partial charge on any atom is 0.291 e. The number of fused-ring (bicyclic) bond motifs is 1. The first kappa shape index (κ1) is 18.7. The summed E-state index contributed by atoms with van der Waals surface area (Å²) < 4.78 is 5.72. The van der Waals surface area contributed by atoms with Crippen LogP contribution in [-0.2, 0) is 11.3 Å². The molecule has 0 atom stereocenters. The lowest BCUT2D eigenvalue weighted by Gasteiger charge is -2.20. The van der Waals surface area contributed by atoms with Gasteiger partial charge >= 0.3 is 0 Å². The Balaban J connectivity index is 1.50. The van der Waals surface area contributed by atoms with E-state index in [4.69, 9.17) is 16.3 Å². The lowest BCUT2D eigenvalue weighted by Crippen LogP contribution is -2.25. The topological polar surface area (TPSA) is 80.3 Å². The summed E-state index contributed by atoms with van der Waals surface area (Å²) in [6.07, 6.45) is 4.94. The molecular weight excluding hydrogens is 390 g/mol. The number of halogens is 1. The van der Waals surface area contributed by atoms with Gasteiger partial charge in [-0.3, -0.25) is 14.6 Å². The van der Waals surface area contributed by atoms with Gasteiger partial charge in [-0.05, 0) is 47.5 Å². The van der Waals surface area contributed by atoms with Crippen LogP contribution in [0.5, 0.6) is 5.75 Å². The quantitative estimate of drug-likeness (QED) is 0.642. The molecule has 144 valence electrons. The van der Waals surface area contributed by atoms with Crippen LogP contribution in [-0.4, -0.2) is 16.8 Å². The van der Waals surface area contributed by atoms with Crippen molar-refractivity contribution in [3.63, 3.8) is 0 Å². The second kappa shape index (κ2) is 8.16. The van der Waals surface area contributed by atoms with Gasteiger partial charge in [-0.25, -0.2) is 0 Å². The fourth-order valence-corrected chi connectivity index (χ4v) is 3.01. The van der Waals surface area contributed by atoms with Crippen LogP contribution in [0, 0.1) is 0 Å². The van der Waals surface area contributed by atoms with E-state index in [9.17, 15) is 9.59 Å². The van der Waals surface area contributed by atoms with Gasteiger partial charge in [0.2, 0.25) is 0 Å². The van der Waals surface area contributed by atoms with Gasteiger partial charge in [0, 0.05) is 29.5 Å². The fraction of sp³-hybridized carbons (Fsp3) is 0.0455. The van der Waals surface area contributed by atoms with Gasteiger partial charge in [0.1, 0.15) is 0 Å². The number of nitrogens with zero attached hydrogens (tertiary/aromatic N) is 1. The molecule has 1 aliphatic heterocycles. The number of carbonyl (C=O) groups is 2. The molecule has 4 rings (SSSR count). The lowest BCUT2D eigenvalue weighted by molar-refractivity contribution is -0.115. The Kier molecular flexibility index (Phi) is 5.27. The SMILES string of the molecule is O=C1Nc2cc(C(=O)NCc3cccnc3)ccc2OC1=Cc1ccccc1Cl. The van der Waals surface area contributed by atoms with Gasteiger partial charge in [0.25, 0.3) is 11.8 Å². The van der Waals surface area contributed by atoms with E-state index < -0.39 is 5.91 Å². The van der Waals surface area contributed by atoms with Crippen LogP contribution in [0.4, 0.5) is 5.69 Å². The third-order valence-corrected chi connectivity index (χ3v) is 4.65. The highest BCUT2D eigenvalue weighted by Crippen LogP contribution is 2.33. The van der Waals surface area contributed by atoms with Gasteiger partial charge in [-0.15, -0.1) is 0 Å². The van der Waals surface area contributed by atoms with Crippen molar-refractivity contribution in [3.05, 3.63) is 94.5 Å². The highest BCUT2D eigenvalue weighted by molar-refractivity contribution is 6.32. The molecular formula is C22H16ClN3O3. The van der Waals surface area contributed by atoms with Gasteiger partial charge in [0.15, 0.2) is 11.5 Å². The van der Waals surface area contributed by atoms with Crippen molar-refractivity contribution in [1.29, 1.82) is 0 Å². The maximum absolute atomic E-state index is 12.4. The van der Waals surface area contributed by atoms with E-state index in [1.54, 1.807) is 54.9 Å². The highest BCUT2D eigenvalue weighted by Gasteiger charge is 2.23. The normalized spacial score (nSPS) is 14.0. The predicted octanol–water partition coefficient (Wildman–Crippen LogP) is 4.04. The standard InChI is InChI=1S/C22H16ClN3O3/c23-17-6-2-1-5-15(17)11-20-22(28)26-18-10-16(7-8-19(18)29-20)21(27)25-13-14-4-3-9-24-12-14/h1-12H,13H2,(H,25,27)(H,26,28). The molecule has 0 aliphatic carbocycles. The van der Waals surface area contributed by atoms with E-state index >= 15 is 0 Å². The van der Waals surface area contributed by atoms with E-state index in [2.05, 4.69) is 15.6 Å². The minimum Gasteiger partial charge on any atom is -0.449 e. The number of rotatable bonds is 4. The first-order chi connectivity index (χ1) is 14.1. The fourth-order valence-electron chi connectivity index (χ4n) is 2.82. The number of benzene rings is 2. The van der Waals surface area contributed by atoms with Gasteiger partial charge in [0.05, 0.1) is 5.69 Å². The molecule has 2 amide bonds. The Morgan fingerprint density at radius 1 is 1.17 bits per heavy atom. The Morgan fingerprint density at radius 3 is 2.83 bits per heavy atom. The number of nitrogens with one attached hydrogen (secondary N) is 2. The third kappa shape index (κ3) is 4.28. The van der Waals surface area contributed by atoms with Crippen molar-refractivity contribution in [2.75, 3.05) is 5.32 Å². The number of amides is 2. The lowest BCUT2D eigenvalue weighted by atomic mass is 10.1. The smallest absolute Gasteiger partial charge is 0.291 e. The van der Waals surface area contributed by atoms with Gasteiger partial charge < -0.3 is 15.4 Å². The zero-order valence-electron chi connectivity index (χ0n) is 15.2. The van der Waals surface area contributed by atoms with E-state index in [0.29, 0.717) is 34.1 Å². The Labute approximate surface area is 172 Å². The van der Waals surface area contributed by atoms with Crippen LogP contribution in [0.15, 0.2) is 72.8 Å². The summed E-state index contributed by atoms with van der Waals surface area (Å²) in [5.41, 5.74) is 2.41. The van der Waals surface area contributed by atoms with Crippen LogP contribution in [0.2, 0.25) is 5.02 Å². The van der Waals surface area contributed by atoms with E-state index in [-0.39, 0.29) is 11.7 Å². The molecule has 1 aromatic heterocycles. The zero-order valence-corrected chi connectivity index (χ0v) is 15.9. The number of hydrogen-bond donors (Lipinski definition) is 2. The molecule has 0 unspecified atom stereocenters. The van der Waals surface area contributed by atoms with Crippen molar-refractivity contribution < 1.29 is 14.3 Å². The van der Waals surface area contributed by atoms with Crippen molar-refractivity contribution in [2.24, 2.45) is 0 Å². The van der Waals surface area contributed by atoms with E-state index in [1.807, 2.05) is 18.2 Å². The summed E-state index contributed by atoms with van der Waals surface area (Å²) in [7, 11) is 0. The molecule has 0 saturated heterocycles. The second-order valence-corrected chi connectivity index (χ2v) is 6.75. The van der Waals surface area contributed by atoms with Crippen LogP contribution in [0.1, 0.15) is 21.5 Å². The van der Waals surface area contributed by atoms with E-state index in [0.717, 1.165) is 5.56 Å². The summed E-state index contributed by atoms with van der Waals surface area (Å²) in [6, 6.07) is 15.7. The molecule has 1 aliphatic rings. The van der Waals surface area contributed by atoms with Crippen LogP contribution < -0.4 is 15.4 Å². The van der Waals surface area contributed by atoms with Crippen molar-refractivity contribution in [2.45, 2.75) is 6.54 Å². The van der Waals surface area contributed by atoms with Crippen molar-refractivity contribution in [3.8, 4) is 5.75 Å².